The number of imidazole rings is 1. The van der Waals surface area contributed by atoms with Crippen LogP contribution in [-0.2, 0) is 13.1 Å². The number of nitrogens with one attached hydrogen (secondary N) is 1. The van der Waals surface area contributed by atoms with Crippen LogP contribution in [-0.4, -0.2) is 27.0 Å². The Bertz CT molecular complexity index is 911. The Morgan fingerprint density at radius 2 is 1.68 bits per heavy atom. The first-order chi connectivity index (χ1) is 12.1. The highest BCUT2D eigenvalue weighted by atomic mass is 16.5. The van der Waals surface area contributed by atoms with Crippen molar-refractivity contribution in [3.8, 4) is 5.75 Å². The predicted octanol–water partition coefficient (Wildman–Crippen LogP) is 3.08. The second-order valence-electron chi connectivity index (χ2n) is 6.30. The van der Waals surface area contributed by atoms with E-state index in [0.717, 1.165) is 35.3 Å². The number of hydrogen-bond donors (Lipinski definition) is 2. The zero-order chi connectivity index (χ0) is 17.8. The summed E-state index contributed by atoms with van der Waals surface area (Å²) in [6, 6.07) is 15.7. The van der Waals surface area contributed by atoms with E-state index >= 15 is 0 Å². The molecule has 0 aliphatic heterocycles. The van der Waals surface area contributed by atoms with Crippen LogP contribution < -0.4 is 10.4 Å². The highest BCUT2D eigenvalue weighted by Crippen LogP contribution is 2.17. The summed E-state index contributed by atoms with van der Waals surface area (Å²) in [5.74, 6) is 0.783. The number of hydrogen-bond acceptors (Lipinski definition) is 3. The van der Waals surface area contributed by atoms with Gasteiger partial charge in [0, 0.05) is 6.54 Å². The van der Waals surface area contributed by atoms with Crippen LogP contribution in [0.15, 0.2) is 48.5 Å². The van der Waals surface area contributed by atoms with Crippen LogP contribution in [0.3, 0.4) is 0 Å². The number of para-hydroxylation sites is 3. The van der Waals surface area contributed by atoms with Gasteiger partial charge in [-0.05, 0) is 37.1 Å². The summed E-state index contributed by atoms with van der Waals surface area (Å²) in [6.45, 7) is 5.41. The number of ether oxygens (including phenoxy) is 1. The zero-order valence-corrected chi connectivity index (χ0v) is 14.8. The van der Waals surface area contributed by atoms with Gasteiger partial charge in [-0.3, -0.25) is 5.41 Å². The number of benzene rings is 2. The first-order valence-electron chi connectivity index (χ1n) is 8.71. The molecule has 0 radical (unpaired) electrons. The van der Waals surface area contributed by atoms with Crippen molar-refractivity contribution >= 4 is 11.0 Å². The normalized spacial score (nSPS) is 12.4. The Labute approximate surface area is 147 Å². The van der Waals surface area contributed by atoms with E-state index < -0.39 is 6.10 Å². The van der Waals surface area contributed by atoms with Gasteiger partial charge >= 0.3 is 0 Å². The molecule has 0 saturated heterocycles. The fraction of sp³-hybridized carbons (Fsp3) is 0.350. The van der Waals surface area contributed by atoms with Crippen LogP contribution in [0.4, 0.5) is 0 Å². The molecule has 5 heteroatoms. The molecule has 1 atom stereocenters. The molecule has 0 aliphatic rings. The molecule has 25 heavy (non-hydrogen) atoms. The van der Waals surface area contributed by atoms with Crippen LogP contribution >= 0.6 is 0 Å². The van der Waals surface area contributed by atoms with Gasteiger partial charge in [0.15, 0.2) is 0 Å². The quantitative estimate of drug-likeness (QED) is 0.695. The average molecular weight is 339 g/mol. The highest BCUT2D eigenvalue weighted by molar-refractivity contribution is 5.75. The van der Waals surface area contributed by atoms with Crippen LogP contribution in [0.5, 0.6) is 5.75 Å². The molecule has 2 aromatic carbocycles. The second-order valence-corrected chi connectivity index (χ2v) is 6.30. The molecule has 0 amide bonds. The minimum absolute atomic E-state index is 0.199. The number of aryl methyl sites for hydroxylation is 2. The van der Waals surface area contributed by atoms with E-state index in [4.69, 9.17) is 10.1 Å². The fourth-order valence-electron chi connectivity index (χ4n) is 3.10. The Kier molecular flexibility index (Phi) is 5.24. The Morgan fingerprint density at radius 3 is 2.36 bits per heavy atom. The van der Waals surface area contributed by atoms with E-state index in [1.165, 1.54) is 0 Å². The fourth-order valence-corrected chi connectivity index (χ4v) is 3.10. The number of aromatic nitrogens is 2. The van der Waals surface area contributed by atoms with Crippen molar-refractivity contribution in [1.82, 2.24) is 9.13 Å². The van der Waals surface area contributed by atoms with Crippen molar-refractivity contribution in [1.29, 1.82) is 5.41 Å². The molecule has 2 N–H and O–H groups in total. The summed E-state index contributed by atoms with van der Waals surface area (Å²) in [5, 5.41) is 18.9. The van der Waals surface area contributed by atoms with Crippen molar-refractivity contribution in [2.24, 2.45) is 0 Å². The van der Waals surface area contributed by atoms with E-state index in [2.05, 4.69) is 6.92 Å². The lowest BCUT2D eigenvalue weighted by molar-refractivity contribution is 0.0917. The number of nitrogens with zero attached hydrogens (tertiary/aromatic N) is 2. The third-order valence-electron chi connectivity index (χ3n) is 4.34. The smallest absolute Gasteiger partial charge is 0.203 e. The lowest BCUT2D eigenvalue weighted by Crippen LogP contribution is -2.31. The van der Waals surface area contributed by atoms with Gasteiger partial charge < -0.3 is 19.0 Å². The van der Waals surface area contributed by atoms with E-state index in [9.17, 15) is 5.11 Å². The second kappa shape index (κ2) is 7.57. The van der Waals surface area contributed by atoms with Gasteiger partial charge in [0.2, 0.25) is 5.62 Å². The maximum Gasteiger partial charge on any atom is 0.203 e. The van der Waals surface area contributed by atoms with E-state index in [0.29, 0.717) is 12.2 Å². The molecule has 0 fully saturated rings. The van der Waals surface area contributed by atoms with Gasteiger partial charge in [0.05, 0.1) is 17.6 Å². The monoisotopic (exact) mass is 339 g/mol. The predicted molar refractivity (Wildman–Crippen MR) is 98.8 cm³/mol. The molecule has 1 aromatic heterocycles. The van der Waals surface area contributed by atoms with E-state index in [-0.39, 0.29) is 6.61 Å². The van der Waals surface area contributed by atoms with Gasteiger partial charge in [-0.2, -0.15) is 0 Å². The van der Waals surface area contributed by atoms with Crippen LogP contribution in [0.2, 0.25) is 0 Å². The third kappa shape index (κ3) is 3.61. The van der Waals surface area contributed by atoms with Gasteiger partial charge in [0.25, 0.3) is 0 Å². The summed E-state index contributed by atoms with van der Waals surface area (Å²) < 4.78 is 9.59. The molecule has 3 rings (SSSR count). The molecular formula is C20H25N3O2. The molecule has 0 bridgehead atoms. The molecule has 132 valence electrons. The SMILES string of the molecule is CCCn1c(=N)n(C[C@@H](O)COc2ccccc2C)c2ccccc21. The Hall–Kier alpha value is -2.53. The summed E-state index contributed by atoms with van der Waals surface area (Å²) in [6.07, 6.45) is 0.276. The van der Waals surface area contributed by atoms with Gasteiger partial charge in [-0.25, -0.2) is 0 Å². The lowest BCUT2D eigenvalue weighted by atomic mass is 10.2. The molecule has 0 aliphatic carbocycles. The molecule has 0 spiro atoms. The van der Waals surface area contributed by atoms with Crippen molar-refractivity contribution in [2.45, 2.75) is 39.5 Å². The lowest BCUT2D eigenvalue weighted by Gasteiger charge is -2.15. The molecule has 1 heterocycles. The number of fused-ring (bicyclic) bond motifs is 1. The average Bonchev–Trinajstić information content (AvgIpc) is 2.87. The summed E-state index contributed by atoms with van der Waals surface area (Å²) >= 11 is 0. The molecule has 3 aromatic rings. The summed E-state index contributed by atoms with van der Waals surface area (Å²) in [5.41, 5.74) is 3.46. The zero-order valence-electron chi connectivity index (χ0n) is 14.8. The number of aliphatic hydroxyl groups excluding tert-OH is 1. The standard InChI is InChI=1S/C20H25N3O2/c1-3-12-22-17-9-5-6-10-18(17)23(20(22)21)13-16(24)14-25-19-11-7-4-8-15(19)2/h4-11,16,21,24H,3,12-14H2,1-2H3/t16-/m1/s1. The minimum atomic E-state index is -0.686. The highest BCUT2D eigenvalue weighted by Gasteiger charge is 2.14. The van der Waals surface area contributed by atoms with Crippen LogP contribution in [0.1, 0.15) is 18.9 Å². The van der Waals surface area contributed by atoms with Crippen molar-refractivity contribution in [3.05, 3.63) is 59.7 Å². The number of rotatable bonds is 7. The molecule has 0 saturated carbocycles. The molecular weight excluding hydrogens is 314 g/mol. The maximum atomic E-state index is 10.4. The number of aliphatic hydroxyl groups is 1. The van der Waals surface area contributed by atoms with Crippen molar-refractivity contribution in [2.75, 3.05) is 6.61 Å². The van der Waals surface area contributed by atoms with Crippen LogP contribution in [0, 0.1) is 12.3 Å². The summed E-state index contributed by atoms with van der Waals surface area (Å²) in [7, 11) is 0. The van der Waals surface area contributed by atoms with Crippen molar-refractivity contribution < 1.29 is 9.84 Å². The van der Waals surface area contributed by atoms with E-state index in [1.54, 1.807) is 0 Å². The van der Waals surface area contributed by atoms with Gasteiger partial charge in [0.1, 0.15) is 18.5 Å². The Balaban J connectivity index is 1.79. The van der Waals surface area contributed by atoms with Crippen molar-refractivity contribution in [3.63, 3.8) is 0 Å². The van der Waals surface area contributed by atoms with Crippen LogP contribution in [0.25, 0.3) is 11.0 Å². The molecule has 5 nitrogen and oxygen atoms in total. The topological polar surface area (TPSA) is 63.2 Å². The maximum absolute atomic E-state index is 10.4. The Morgan fingerprint density at radius 1 is 1.04 bits per heavy atom. The van der Waals surface area contributed by atoms with E-state index in [1.807, 2.05) is 64.6 Å². The third-order valence-corrected chi connectivity index (χ3v) is 4.34. The first-order valence-corrected chi connectivity index (χ1v) is 8.71. The largest absolute Gasteiger partial charge is 0.491 e. The van der Waals surface area contributed by atoms with Gasteiger partial charge in [-0.15, -0.1) is 0 Å². The minimum Gasteiger partial charge on any atom is -0.491 e. The van der Waals surface area contributed by atoms with Gasteiger partial charge in [-0.1, -0.05) is 37.3 Å². The molecule has 0 unspecified atom stereocenters. The summed E-state index contributed by atoms with van der Waals surface area (Å²) in [4.78, 5) is 0. The first kappa shape index (κ1) is 17.3.